The van der Waals surface area contributed by atoms with Crippen LogP contribution in [-0.4, -0.2) is 58.9 Å². The van der Waals surface area contributed by atoms with Gasteiger partial charge in [-0.25, -0.2) is 4.79 Å². The van der Waals surface area contributed by atoms with Gasteiger partial charge < -0.3 is 14.9 Å². The standard InChI is InChI=1S/C13H20N4O2/c1-8-7-17(6-5-16(8)4)12-11(13(18)19)9(2)10(3)14-15-12/h8H,5-7H2,1-4H3,(H,18,19). The van der Waals surface area contributed by atoms with Crippen molar-refractivity contribution >= 4 is 11.8 Å². The Balaban J connectivity index is 2.40. The summed E-state index contributed by atoms with van der Waals surface area (Å²) in [6.45, 7) is 8.14. The lowest BCUT2D eigenvalue weighted by Crippen LogP contribution is -2.50. The van der Waals surface area contributed by atoms with Crippen LogP contribution >= 0.6 is 0 Å². The van der Waals surface area contributed by atoms with Crippen LogP contribution in [0.4, 0.5) is 5.82 Å². The average molecular weight is 264 g/mol. The Morgan fingerprint density at radius 2 is 2.00 bits per heavy atom. The van der Waals surface area contributed by atoms with E-state index in [1.165, 1.54) is 0 Å². The SMILES string of the molecule is Cc1nnc(N2CCN(C)C(C)C2)c(C(=O)O)c1C. The fourth-order valence-electron chi connectivity index (χ4n) is 2.31. The van der Waals surface area contributed by atoms with E-state index in [2.05, 4.69) is 29.1 Å². The number of hydrogen-bond donors (Lipinski definition) is 1. The fourth-order valence-corrected chi connectivity index (χ4v) is 2.31. The molecule has 1 aromatic heterocycles. The van der Waals surface area contributed by atoms with Gasteiger partial charge in [0, 0.05) is 25.7 Å². The number of anilines is 1. The number of aryl methyl sites for hydroxylation is 1. The molecule has 1 N–H and O–H groups in total. The summed E-state index contributed by atoms with van der Waals surface area (Å²) in [6.07, 6.45) is 0. The maximum atomic E-state index is 11.5. The molecule has 1 atom stereocenters. The number of aromatic carboxylic acids is 1. The lowest BCUT2D eigenvalue weighted by molar-refractivity contribution is 0.0695. The number of likely N-dealkylation sites (N-methyl/N-ethyl adjacent to an activating group) is 1. The third-order valence-electron chi connectivity index (χ3n) is 3.91. The van der Waals surface area contributed by atoms with Crippen molar-refractivity contribution in [3.8, 4) is 0 Å². The minimum Gasteiger partial charge on any atom is -0.478 e. The molecule has 1 aliphatic rings. The van der Waals surface area contributed by atoms with Gasteiger partial charge in [-0.2, -0.15) is 5.10 Å². The molecule has 0 spiro atoms. The first-order chi connectivity index (χ1) is 8.91. The minimum absolute atomic E-state index is 0.282. The van der Waals surface area contributed by atoms with Crippen LogP contribution in [0.2, 0.25) is 0 Å². The third-order valence-corrected chi connectivity index (χ3v) is 3.91. The Hall–Kier alpha value is -1.69. The first-order valence-electron chi connectivity index (χ1n) is 6.44. The Labute approximate surface area is 113 Å². The van der Waals surface area contributed by atoms with Crippen LogP contribution < -0.4 is 4.90 Å². The van der Waals surface area contributed by atoms with Crippen molar-refractivity contribution in [3.63, 3.8) is 0 Å². The highest BCUT2D eigenvalue weighted by atomic mass is 16.4. The van der Waals surface area contributed by atoms with Gasteiger partial charge in [-0.05, 0) is 33.4 Å². The Morgan fingerprint density at radius 1 is 1.32 bits per heavy atom. The number of hydrogen-bond acceptors (Lipinski definition) is 5. The molecule has 0 radical (unpaired) electrons. The van der Waals surface area contributed by atoms with Gasteiger partial charge in [0.05, 0.1) is 5.69 Å². The molecule has 0 aromatic carbocycles. The number of carbonyl (C=O) groups is 1. The maximum absolute atomic E-state index is 11.5. The molecule has 104 valence electrons. The van der Waals surface area contributed by atoms with E-state index in [0.717, 1.165) is 19.6 Å². The summed E-state index contributed by atoms with van der Waals surface area (Å²) in [5.74, 6) is -0.437. The normalized spacial score (nSPS) is 20.6. The largest absolute Gasteiger partial charge is 0.478 e. The number of aromatic nitrogens is 2. The van der Waals surface area contributed by atoms with Crippen LogP contribution in [0.1, 0.15) is 28.5 Å². The zero-order valence-electron chi connectivity index (χ0n) is 11.8. The molecular weight excluding hydrogens is 244 g/mol. The van der Waals surface area contributed by atoms with E-state index < -0.39 is 5.97 Å². The molecule has 0 bridgehead atoms. The molecule has 1 unspecified atom stereocenters. The smallest absolute Gasteiger partial charge is 0.339 e. The molecule has 6 heteroatoms. The van der Waals surface area contributed by atoms with Gasteiger partial charge >= 0.3 is 5.97 Å². The molecule has 2 rings (SSSR count). The summed E-state index contributed by atoms with van der Waals surface area (Å²) in [7, 11) is 2.08. The van der Waals surface area contributed by atoms with Crippen molar-refractivity contribution in [2.24, 2.45) is 0 Å². The van der Waals surface area contributed by atoms with Crippen LogP contribution in [0.5, 0.6) is 0 Å². The van der Waals surface area contributed by atoms with Crippen LogP contribution in [0, 0.1) is 13.8 Å². The molecular formula is C13H20N4O2. The highest BCUT2D eigenvalue weighted by Gasteiger charge is 2.27. The highest BCUT2D eigenvalue weighted by molar-refractivity contribution is 5.95. The monoisotopic (exact) mass is 264 g/mol. The fraction of sp³-hybridized carbons (Fsp3) is 0.615. The van der Waals surface area contributed by atoms with Crippen molar-refractivity contribution in [3.05, 3.63) is 16.8 Å². The van der Waals surface area contributed by atoms with E-state index in [9.17, 15) is 9.90 Å². The Morgan fingerprint density at radius 3 is 2.58 bits per heavy atom. The predicted octanol–water partition coefficient (Wildman–Crippen LogP) is 0.932. The van der Waals surface area contributed by atoms with Gasteiger partial charge in [-0.1, -0.05) is 0 Å². The first-order valence-corrected chi connectivity index (χ1v) is 6.44. The number of nitrogens with zero attached hydrogens (tertiary/aromatic N) is 4. The minimum atomic E-state index is -0.933. The van der Waals surface area contributed by atoms with E-state index in [-0.39, 0.29) is 5.56 Å². The van der Waals surface area contributed by atoms with E-state index >= 15 is 0 Å². The second-order valence-electron chi connectivity index (χ2n) is 5.19. The number of rotatable bonds is 2. The highest BCUT2D eigenvalue weighted by Crippen LogP contribution is 2.24. The molecule has 0 aliphatic carbocycles. The van der Waals surface area contributed by atoms with Gasteiger partial charge in [0.25, 0.3) is 0 Å². The zero-order chi connectivity index (χ0) is 14.2. The molecule has 6 nitrogen and oxygen atoms in total. The van der Waals surface area contributed by atoms with E-state index in [4.69, 9.17) is 0 Å². The summed E-state index contributed by atoms with van der Waals surface area (Å²) >= 11 is 0. The average Bonchev–Trinajstić information content (AvgIpc) is 2.35. The first kappa shape index (κ1) is 13.7. The topological polar surface area (TPSA) is 69.6 Å². The van der Waals surface area contributed by atoms with Gasteiger partial charge in [0.15, 0.2) is 5.82 Å². The molecule has 1 saturated heterocycles. The zero-order valence-corrected chi connectivity index (χ0v) is 11.8. The van der Waals surface area contributed by atoms with Gasteiger partial charge in [-0.15, -0.1) is 5.10 Å². The molecule has 1 aliphatic heterocycles. The summed E-state index contributed by atoms with van der Waals surface area (Å²) < 4.78 is 0. The van der Waals surface area contributed by atoms with Crippen LogP contribution in [-0.2, 0) is 0 Å². The van der Waals surface area contributed by atoms with Crippen molar-refractivity contribution in [2.45, 2.75) is 26.8 Å². The van der Waals surface area contributed by atoms with Crippen molar-refractivity contribution in [2.75, 3.05) is 31.6 Å². The van der Waals surface area contributed by atoms with Crippen LogP contribution in [0.25, 0.3) is 0 Å². The second-order valence-corrected chi connectivity index (χ2v) is 5.19. The quantitative estimate of drug-likeness (QED) is 0.857. The van der Waals surface area contributed by atoms with Gasteiger partial charge in [-0.3, -0.25) is 0 Å². The summed E-state index contributed by atoms with van der Waals surface area (Å²) in [6, 6.07) is 0.374. The van der Waals surface area contributed by atoms with Crippen LogP contribution in [0.3, 0.4) is 0 Å². The molecule has 0 amide bonds. The summed E-state index contributed by atoms with van der Waals surface area (Å²) in [5.41, 5.74) is 1.65. The molecule has 2 heterocycles. The number of carboxylic acids is 1. The Kier molecular flexibility index (Phi) is 3.71. The second kappa shape index (κ2) is 5.13. The molecule has 0 saturated carbocycles. The summed E-state index contributed by atoms with van der Waals surface area (Å²) in [5, 5.41) is 17.6. The van der Waals surface area contributed by atoms with Gasteiger partial charge in [0.2, 0.25) is 0 Å². The van der Waals surface area contributed by atoms with Crippen molar-refractivity contribution < 1.29 is 9.90 Å². The lowest BCUT2D eigenvalue weighted by Gasteiger charge is -2.38. The predicted molar refractivity (Wildman–Crippen MR) is 72.8 cm³/mol. The molecule has 1 aromatic rings. The van der Waals surface area contributed by atoms with Crippen LogP contribution in [0.15, 0.2) is 0 Å². The third kappa shape index (κ3) is 2.53. The van der Waals surface area contributed by atoms with Crippen molar-refractivity contribution in [1.82, 2.24) is 15.1 Å². The molecule has 1 fully saturated rings. The van der Waals surface area contributed by atoms with E-state index in [0.29, 0.717) is 23.1 Å². The van der Waals surface area contributed by atoms with Gasteiger partial charge in [0.1, 0.15) is 5.56 Å². The van der Waals surface area contributed by atoms with E-state index in [1.54, 1.807) is 13.8 Å². The maximum Gasteiger partial charge on any atom is 0.339 e. The summed E-state index contributed by atoms with van der Waals surface area (Å²) in [4.78, 5) is 15.8. The van der Waals surface area contributed by atoms with Crippen molar-refractivity contribution in [1.29, 1.82) is 0 Å². The Bertz CT molecular complexity index is 504. The number of carboxylic acid groups (broad SMARTS) is 1. The van der Waals surface area contributed by atoms with E-state index in [1.807, 2.05) is 4.90 Å². The molecule has 19 heavy (non-hydrogen) atoms. The number of piperazine rings is 1. The lowest BCUT2D eigenvalue weighted by atomic mass is 10.1.